The fourth-order valence-electron chi connectivity index (χ4n) is 4.62. The van der Waals surface area contributed by atoms with Crippen molar-refractivity contribution in [1.82, 2.24) is 9.13 Å². The van der Waals surface area contributed by atoms with Gasteiger partial charge in [0.05, 0.1) is 53.6 Å². The minimum Gasteiger partial charge on any atom is -0.309 e. The summed E-state index contributed by atoms with van der Waals surface area (Å²) in [5.41, 5.74) is -4.72. The molecular formula is C37H26N2. The number of fused-ring (bicyclic) bond motifs is 6. The number of rotatable bonds is 3. The Morgan fingerprint density at radius 2 is 0.897 bits per heavy atom. The van der Waals surface area contributed by atoms with E-state index in [2.05, 4.69) is 0 Å². The summed E-state index contributed by atoms with van der Waals surface area (Å²) in [4.78, 5) is 0. The monoisotopic (exact) mass is 521 g/mol. The summed E-state index contributed by atoms with van der Waals surface area (Å²) in [6.07, 6.45) is 0. The van der Waals surface area contributed by atoms with Crippen LogP contribution in [0.4, 0.5) is 0 Å². The van der Waals surface area contributed by atoms with Crippen molar-refractivity contribution in [2.24, 2.45) is 0 Å². The van der Waals surface area contributed by atoms with Crippen molar-refractivity contribution in [2.75, 3.05) is 0 Å². The van der Waals surface area contributed by atoms with E-state index in [1.54, 1.807) is 0 Å². The highest BCUT2D eigenvalue weighted by Gasteiger charge is 2.16. The molecule has 2 heterocycles. The van der Waals surface area contributed by atoms with Crippen LogP contribution in [0, 0.1) is 6.92 Å². The Morgan fingerprint density at radius 3 is 1.51 bits per heavy atom. The largest absolute Gasteiger partial charge is 0.309 e. The predicted molar refractivity (Wildman–Crippen MR) is 165 cm³/mol. The second-order valence-electron chi connectivity index (χ2n) is 8.51. The Morgan fingerprint density at radius 1 is 0.410 bits per heavy atom. The van der Waals surface area contributed by atoms with Crippen LogP contribution >= 0.6 is 0 Å². The lowest BCUT2D eigenvalue weighted by Gasteiger charge is -2.09. The lowest BCUT2D eigenvalue weighted by Crippen LogP contribution is -1.93. The van der Waals surface area contributed by atoms with Crippen LogP contribution < -0.4 is 0 Å². The zero-order valence-corrected chi connectivity index (χ0v) is 19.9. The molecule has 0 bridgehead atoms. The third kappa shape index (κ3) is 3.35. The van der Waals surface area contributed by atoms with Gasteiger partial charge in [0.15, 0.2) is 0 Å². The molecule has 184 valence electrons. The molecule has 0 fully saturated rings. The molecular weight excluding hydrogens is 472 g/mol. The van der Waals surface area contributed by atoms with Crippen LogP contribution in [0.3, 0.4) is 0 Å². The first kappa shape index (κ1) is 9.00. The first-order valence-electron chi connectivity index (χ1n) is 23.1. The molecule has 2 aromatic heterocycles. The number of hydrogen-bond acceptors (Lipinski definition) is 0. The van der Waals surface area contributed by atoms with Gasteiger partial charge in [-0.1, -0.05) is 78.6 Å². The van der Waals surface area contributed by atoms with E-state index in [9.17, 15) is 8.22 Å². The molecule has 0 aliphatic rings. The SMILES string of the molecule is [2H]c1c([2H])c([2H])c(-n2c3c([2H])c([2H])c([2H])c([2H])c3c3c([2H])c(-c4c([2H])c([2H])c5c(c4[2H])c4c([2H])c([2H])c(C)c([2H])c4n5-c4c([2H])c([2H])c([2H])c([2H])c4[2H])c([2H])c([2H])c32)c([2H])c1[2H]. The molecule has 0 saturated carbocycles. The summed E-state index contributed by atoms with van der Waals surface area (Å²) in [5, 5.41) is -1.84. The van der Waals surface area contributed by atoms with Crippen molar-refractivity contribution < 1.29 is 31.5 Å². The van der Waals surface area contributed by atoms with E-state index in [1.165, 1.54) is 6.92 Å². The van der Waals surface area contributed by atoms with E-state index in [0.29, 0.717) is 0 Å². The third-order valence-corrected chi connectivity index (χ3v) is 6.24. The van der Waals surface area contributed by atoms with Crippen molar-refractivity contribution >= 4 is 43.6 Å². The second kappa shape index (κ2) is 8.47. The molecule has 0 unspecified atom stereocenters. The van der Waals surface area contributed by atoms with E-state index in [-0.39, 0.29) is 16.5 Å². The molecule has 0 aliphatic heterocycles. The van der Waals surface area contributed by atoms with Gasteiger partial charge in [-0.15, -0.1) is 0 Å². The highest BCUT2D eigenvalue weighted by molar-refractivity contribution is 6.12. The summed E-state index contributed by atoms with van der Waals surface area (Å²) >= 11 is 0. The maximum absolute atomic E-state index is 9.64. The topological polar surface area (TPSA) is 9.86 Å². The molecule has 0 aliphatic carbocycles. The number of aromatic nitrogens is 2. The minimum absolute atomic E-state index is 0.0884. The Hall–Kier alpha value is -5.08. The number of para-hydroxylation sites is 3. The van der Waals surface area contributed by atoms with Gasteiger partial charge < -0.3 is 9.13 Å². The van der Waals surface area contributed by atoms with Gasteiger partial charge in [-0.05, 0) is 84.0 Å². The van der Waals surface area contributed by atoms with Crippen LogP contribution in [-0.2, 0) is 0 Å². The molecule has 0 amide bonds. The molecule has 2 heteroatoms. The van der Waals surface area contributed by atoms with Gasteiger partial charge in [-0.3, -0.25) is 0 Å². The lowest BCUT2D eigenvalue weighted by molar-refractivity contribution is 1.18. The quantitative estimate of drug-likeness (QED) is 0.219. The van der Waals surface area contributed by atoms with Crippen LogP contribution in [0.15, 0.2) is 139 Å². The zero-order valence-electron chi connectivity index (χ0n) is 42.9. The fourth-order valence-corrected chi connectivity index (χ4v) is 4.62. The highest BCUT2D eigenvalue weighted by atomic mass is 15.0. The summed E-state index contributed by atoms with van der Waals surface area (Å²) < 4.78 is 205. The second-order valence-corrected chi connectivity index (χ2v) is 8.51. The molecule has 8 aromatic rings. The van der Waals surface area contributed by atoms with E-state index in [1.807, 2.05) is 0 Å². The van der Waals surface area contributed by atoms with Crippen molar-refractivity contribution in [3.05, 3.63) is 145 Å². The normalized spacial score (nSPS) is 20.0. The Labute approximate surface area is 259 Å². The lowest BCUT2D eigenvalue weighted by atomic mass is 10.0. The zero-order chi connectivity index (χ0) is 45.9. The number of benzene rings is 6. The summed E-state index contributed by atoms with van der Waals surface area (Å²) in [7, 11) is 0. The average molecular weight is 522 g/mol. The van der Waals surface area contributed by atoms with Gasteiger partial charge in [0.2, 0.25) is 0 Å². The van der Waals surface area contributed by atoms with Crippen LogP contribution in [0.25, 0.3) is 66.1 Å². The first-order valence-corrected chi connectivity index (χ1v) is 11.6. The summed E-state index contributed by atoms with van der Waals surface area (Å²) in [6, 6.07) is -18.3. The molecule has 8 rings (SSSR count). The number of hydrogen-bond donors (Lipinski definition) is 0. The van der Waals surface area contributed by atoms with Crippen molar-refractivity contribution in [3.8, 4) is 22.5 Å². The Balaban J connectivity index is 1.65. The van der Waals surface area contributed by atoms with Gasteiger partial charge in [-0.2, -0.15) is 0 Å². The average Bonchev–Trinajstić information content (AvgIpc) is 3.78. The van der Waals surface area contributed by atoms with Crippen LogP contribution in [0.1, 0.15) is 37.1 Å². The minimum atomic E-state index is -0.936. The molecule has 0 spiro atoms. The van der Waals surface area contributed by atoms with Crippen molar-refractivity contribution in [1.29, 1.82) is 0 Å². The van der Waals surface area contributed by atoms with Gasteiger partial charge in [-0.25, -0.2) is 0 Å². The van der Waals surface area contributed by atoms with Gasteiger partial charge in [0.1, 0.15) is 0 Å². The first-order chi connectivity index (χ1) is 28.9. The van der Waals surface area contributed by atoms with Crippen molar-refractivity contribution in [3.63, 3.8) is 0 Å². The summed E-state index contributed by atoms with van der Waals surface area (Å²) in [6.45, 7) is 1.33. The smallest absolute Gasteiger partial charge is 0.0648 e. The maximum atomic E-state index is 9.64. The van der Waals surface area contributed by atoms with Crippen LogP contribution in [0.5, 0.6) is 0 Å². The van der Waals surface area contributed by atoms with Gasteiger partial charge >= 0.3 is 0 Å². The van der Waals surface area contributed by atoms with E-state index >= 15 is 0 Å². The van der Waals surface area contributed by atoms with E-state index in [0.717, 1.165) is 9.13 Å². The fraction of sp³-hybridized carbons (Fsp3) is 0.0270. The van der Waals surface area contributed by atoms with Crippen molar-refractivity contribution in [2.45, 2.75) is 6.92 Å². The van der Waals surface area contributed by atoms with Crippen LogP contribution in [-0.4, -0.2) is 9.13 Å². The van der Waals surface area contributed by atoms with Gasteiger partial charge in [0, 0.05) is 32.9 Å². The van der Waals surface area contributed by atoms with E-state index < -0.39 is 194 Å². The Bertz CT molecular complexity index is 3170. The molecule has 0 atom stereocenters. The molecule has 0 saturated heterocycles. The van der Waals surface area contributed by atoms with E-state index in [4.69, 9.17) is 23.3 Å². The molecule has 2 nitrogen and oxygen atoms in total. The molecule has 6 aromatic carbocycles. The Kier molecular flexibility index (Phi) is 1.95. The highest BCUT2D eigenvalue weighted by Crippen LogP contribution is 2.38. The molecule has 39 heavy (non-hydrogen) atoms. The number of nitrogens with zero attached hydrogens (tertiary/aromatic N) is 2. The molecule has 0 N–H and O–H groups in total. The standard InChI is InChI=1S/C37H26N2/c1-25-16-19-31-33-24-27(18-21-36(33)39(37(31)22-25)29-12-6-3-7-13-29)26-17-20-35-32(23-26)30-14-8-9-15-34(30)38(35)28-10-4-2-5-11-28/h2-24H,1H3/i2D,3D,4D,5D,6D,7D,8D,9D,10D,11D,12D,13D,14D,15D,16D,17D,18D,19D,20D,21D,22D,23D,24D. The predicted octanol–water partition coefficient (Wildman–Crippen LogP) is 9.86. The molecule has 0 radical (unpaired) electrons. The third-order valence-electron chi connectivity index (χ3n) is 6.24. The maximum Gasteiger partial charge on any atom is 0.0648 e. The van der Waals surface area contributed by atoms with Gasteiger partial charge in [0.25, 0.3) is 0 Å². The van der Waals surface area contributed by atoms with Crippen LogP contribution in [0.2, 0.25) is 0 Å². The summed E-state index contributed by atoms with van der Waals surface area (Å²) in [5.74, 6) is 0.